The summed E-state index contributed by atoms with van der Waals surface area (Å²) in [5.74, 6) is 0.199. The van der Waals surface area contributed by atoms with E-state index < -0.39 is 11.2 Å². The first-order valence-electron chi connectivity index (χ1n) is 6.61. The van der Waals surface area contributed by atoms with Gasteiger partial charge in [0.05, 0.1) is 0 Å². The molecule has 0 aromatic carbocycles. The van der Waals surface area contributed by atoms with Crippen molar-refractivity contribution in [3.63, 3.8) is 0 Å². The summed E-state index contributed by atoms with van der Waals surface area (Å²) in [4.78, 5) is 23.6. The van der Waals surface area contributed by atoms with E-state index in [4.69, 9.17) is 0 Å². The summed E-state index contributed by atoms with van der Waals surface area (Å²) >= 11 is 0. The van der Waals surface area contributed by atoms with E-state index in [1.165, 1.54) is 25.2 Å². The first kappa shape index (κ1) is 13.8. The zero-order chi connectivity index (χ0) is 14.2. The van der Waals surface area contributed by atoms with E-state index >= 15 is 0 Å². The second kappa shape index (κ2) is 5.16. The van der Waals surface area contributed by atoms with Crippen LogP contribution in [0.2, 0.25) is 0 Å². The van der Waals surface area contributed by atoms with Crippen LogP contribution in [0.5, 0.6) is 0 Å². The van der Waals surface area contributed by atoms with Crippen LogP contribution in [0.25, 0.3) is 0 Å². The first-order valence-corrected chi connectivity index (χ1v) is 6.61. The van der Waals surface area contributed by atoms with Crippen LogP contribution in [-0.4, -0.2) is 31.4 Å². The standard InChI is InChI=1S/C12H21N5O2/c1-8-6-5-7-9(2)17(8)14-10-11(18)15(3)12(19)16(4)13-10/h8-9H,5-7H2,1-4H3,(H,13,14). The third kappa shape index (κ3) is 2.56. The molecule has 0 spiro atoms. The van der Waals surface area contributed by atoms with E-state index in [0.29, 0.717) is 12.1 Å². The maximum Gasteiger partial charge on any atom is 0.346 e. The van der Waals surface area contributed by atoms with Crippen LogP contribution < -0.4 is 16.7 Å². The fraction of sp³-hybridized carbons (Fsp3) is 0.750. The highest BCUT2D eigenvalue weighted by atomic mass is 16.2. The molecule has 1 saturated heterocycles. The zero-order valence-electron chi connectivity index (χ0n) is 11.9. The van der Waals surface area contributed by atoms with E-state index in [1.807, 2.05) is 0 Å². The van der Waals surface area contributed by atoms with Gasteiger partial charge in [0, 0.05) is 26.2 Å². The smallest absolute Gasteiger partial charge is 0.297 e. The minimum Gasteiger partial charge on any atom is -0.297 e. The van der Waals surface area contributed by atoms with Gasteiger partial charge in [0.25, 0.3) is 5.56 Å². The lowest BCUT2D eigenvalue weighted by molar-refractivity contribution is 0.134. The number of rotatable bonds is 2. The van der Waals surface area contributed by atoms with Crippen LogP contribution in [0.4, 0.5) is 5.82 Å². The van der Waals surface area contributed by atoms with E-state index in [-0.39, 0.29) is 5.82 Å². The Morgan fingerprint density at radius 3 is 2.32 bits per heavy atom. The number of piperidine rings is 1. The maximum atomic E-state index is 12.0. The molecule has 1 aromatic rings. The van der Waals surface area contributed by atoms with Gasteiger partial charge in [-0.1, -0.05) is 6.42 Å². The van der Waals surface area contributed by atoms with Crippen molar-refractivity contribution in [2.45, 2.75) is 45.2 Å². The zero-order valence-corrected chi connectivity index (χ0v) is 11.9. The van der Waals surface area contributed by atoms with Gasteiger partial charge in [-0.3, -0.25) is 14.8 Å². The summed E-state index contributed by atoms with van der Waals surface area (Å²) in [5.41, 5.74) is 2.27. The van der Waals surface area contributed by atoms with Gasteiger partial charge in [0.2, 0.25) is 5.82 Å². The largest absolute Gasteiger partial charge is 0.346 e. The van der Waals surface area contributed by atoms with Crippen molar-refractivity contribution < 1.29 is 0 Å². The second-order valence-corrected chi connectivity index (χ2v) is 5.27. The minimum absolute atomic E-state index is 0.199. The summed E-state index contributed by atoms with van der Waals surface area (Å²) in [6.07, 6.45) is 3.37. The molecule has 0 aliphatic carbocycles. The average molecular weight is 267 g/mol. The van der Waals surface area contributed by atoms with Gasteiger partial charge in [-0.15, -0.1) is 5.10 Å². The number of anilines is 1. The van der Waals surface area contributed by atoms with Gasteiger partial charge >= 0.3 is 5.69 Å². The van der Waals surface area contributed by atoms with Crippen molar-refractivity contribution in [1.29, 1.82) is 0 Å². The Balaban J connectivity index is 2.33. The summed E-state index contributed by atoms with van der Waals surface area (Å²) in [7, 11) is 3.00. The molecule has 1 fully saturated rings. The molecule has 0 saturated carbocycles. The summed E-state index contributed by atoms with van der Waals surface area (Å²) in [6, 6.07) is 0.681. The van der Waals surface area contributed by atoms with Crippen molar-refractivity contribution in [3.05, 3.63) is 20.8 Å². The third-order valence-corrected chi connectivity index (χ3v) is 3.75. The molecule has 1 aliphatic rings. The molecule has 7 nitrogen and oxygen atoms in total. The van der Waals surface area contributed by atoms with Crippen LogP contribution in [0, 0.1) is 0 Å². The van der Waals surface area contributed by atoms with Gasteiger partial charge in [-0.2, -0.15) is 0 Å². The van der Waals surface area contributed by atoms with E-state index in [9.17, 15) is 9.59 Å². The summed E-state index contributed by atoms with van der Waals surface area (Å²) in [6.45, 7) is 4.24. The molecule has 0 amide bonds. The summed E-state index contributed by atoms with van der Waals surface area (Å²) < 4.78 is 2.23. The maximum absolute atomic E-state index is 12.0. The number of aryl methyl sites for hydroxylation is 1. The van der Waals surface area contributed by atoms with Gasteiger partial charge in [0.15, 0.2) is 0 Å². The number of hydrogen-bond donors (Lipinski definition) is 1. The van der Waals surface area contributed by atoms with E-state index in [1.54, 1.807) is 0 Å². The predicted molar refractivity (Wildman–Crippen MR) is 73.0 cm³/mol. The lowest BCUT2D eigenvalue weighted by Gasteiger charge is -2.38. The predicted octanol–water partition coefficient (Wildman–Crippen LogP) is 0.0688. The van der Waals surface area contributed by atoms with Crippen LogP contribution in [0.1, 0.15) is 33.1 Å². The third-order valence-electron chi connectivity index (χ3n) is 3.75. The monoisotopic (exact) mass is 267 g/mol. The normalized spacial score (nSPS) is 24.4. The molecule has 2 unspecified atom stereocenters. The van der Waals surface area contributed by atoms with Crippen molar-refractivity contribution >= 4 is 5.82 Å². The van der Waals surface area contributed by atoms with Crippen LogP contribution >= 0.6 is 0 Å². The Hall–Kier alpha value is -1.63. The van der Waals surface area contributed by atoms with E-state index in [2.05, 4.69) is 29.4 Å². The first-order chi connectivity index (χ1) is 8.91. The summed E-state index contributed by atoms with van der Waals surface area (Å²) in [5, 5.41) is 6.07. The molecule has 1 aromatic heterocycles. The molecule has 7 heteroatoms. The van der Waals surface area contributed by atoms with Crippen LogP contribution in [0.15, 0.2) is 9.59 Å². The van der Waals surface area contributed by atoms with Crippen molar-refractivity contribution in [2.24, 2.45) is 14.1 Å². The highest BCUT2D eigenvalue weighted by Crippen LogP contribution is 2.21. The van der Waals surface area contributed by atoms with Crippen molar-refractivity contribution in [3.8, 4) is 0 Å². The van der Waals surface area contributed by atoms with Gasteiger partial charge < -0.3 is 0 Å². The molecule has 1 aliphatic heterocycles. The molecule has 0 radical (unpaired) electrons. The number of hydrogen-bond acceptors (Lipinski definition) is 5. The number of nitrogens with zero attached hydrogens (tertiary/aromatic N) is 4. The van der Waals surface area contributed by atoms with E-state index in [0.717, 1.165) is 17.4 Å². The fourth-order valence-corrected chi connectivity index (χ4v) is 2.53. The Morgan fingerprint density at radius 1 is 1.16 bits per heavy atom. The SMILES string of the molecule is CC1CCCC(C)N1Nc1nn(C)c(=O)n(C)c1=O. The van der Waals surface area contributed by atoms with Crippen molar-refractivity contribution in [1.82, 2.24) is 19.4 Å². The van der Waals surface area contributed by atoms with Gasteiger partial charge in [-0.05, 0) is 26.7 Å². The number of nitrogens with one attached hydrogen (secondary N) is 1. The Labute approximate surface area is 111 Å². The van der Waals surface area contributed by atoms with Crippen LogP contribution in [0.3, 0.4) is 0 Å². The topological polar surface area (TPSA) is 72.2 Å². The average Bonchev–Trinajstić information content (AvgIpc) is 2.37. The molecule has 2 rings (SSSR count). The quantitative estimate of drug-likeness (QED) is 0.821. The number of hydrazine groups is 1. The molecule has 2 atom stereocenters. The molecule has 2 heterocycles. The lowest BCUT2D eigenvalue weighted by atomic mass is 10.00. The minimum atomic E-state index is -0.421. The molecular formula is C12H21N5O2. The van der Waals surface area contributed by atoms with Crippen LogP contribution in [-0.2, 0) is 14.1 Å². The highest BCUT2D eigenvalue weighted by molar-refractivity contribution is 5.28. The Bertz CT molecular complexity index is 566. The molecule has 0 bridgehead atoms. The lowest BCUT2D eigenvalue weighted by Crippen LogP contribution is -2.50. The molecular weight excluding hydrogens is 246 g/mol. The Morgan fingerprint density at radius 2 is 1.74 bits per heavy atom. The molecule has 19 heavy (non-hydrogen) atoms. The fourth-order valence-electron chi connectivity index (χ4n) is 2.53. The van der Waals surface area contributed by atoms with Gasteiger partial charge in [0.1, 0.15) is 0 Å². The molecule has 106 valence electrons. The Kier molecular flexibility index (Phi) is 3.75. The second-order valence-electron chi connectivity index (χ2n) is 5.27. The molecule has 1 N–H and O–H groups in total. The number of aromatic nitrogens is 3. The van der Waals surface area contributed by atoms with Crippen molar-refractivity contribution in [2.75, 3.05) is 5.43 Å². The highest BCUT2D eigenvalue weighted by Gasteiger charge is 2.26. The van der Waals surface area contributed by atoms with Gasteiger partial charge in [-0.25, -0.2) is 14.5 Å².